The monoisotopic (exact) mass is 310 g/mol. The molecule has 22 heavy (non-hydrogen) atoms. The van der Waals surface area contributed by atoms with Crippen LogP contribution in [0.3, 0.4) is 0 Å². The van der Waals surface area contributed by atoms with Gasteiger partial charge in [-0.05, 0) is 27.2 Å². The number of hydrogen-bond donors (Lipinski definition) is 1. The van der Waals surface area contributed by atoms with E-state index in [4.69, 9.17) is 6.42 Å². The molecule has 0 aromatic carbocycles. The lowest BCUT2D eigenvalue weighted by atomic mass is 9.97. The van der Waals surface area contributed by atoms with Gasteiger partial charge in [-0.15, -0.1) is 6.42 Å². The van der Waals surface area contributed by atoms with Gasteiger partial charge in [-0.2, -0.15) is 0 Å². The number of nitrogens with zero attached hydrogens (tertiary/aromatic N) is 2. The van der Waals surface area contributed by atoms with Crippen LogP contribution in [-0.4, -0.2) is 58.0 Å². The summed E-state index contributed by atoms with van der Waals surface area (Å²) >= 11 is 0. The molecule has 0 heterocycles. The van der Waals surface area contributed by atoms with Crippen LogP contribution in [0.1, 0.15) is 53.9 Å². The summed E-state index contributed by atoms with van der Waals surface area (Å²) in [4.78, 5) is 27.7. The Morgan fingerprint density at radius 1 is 1.23 bits per heavy atom. The largest absolute Gasteiger partial charge is 0.396 e. The van der Waals surface area contributed by atoms with Gasteiger partial charge in [-0.3, -0.25) is 9.59 Å². The first-order valence-corrected chi connectivity index (χ1v) is 7.89. The standard InChI is InChI=1S/C17H30N2O3/c1-7-11-18(15(21)8-2)14(4)13-19(16(22)9-3)17(5,6)10-12-20/h1,14,20H,8-13H2,2-6H3. The molecule has 0 aliphatic carbocycles. The van der Waals surface area contributed by atoms with Crippen molar-refractivity contribution in [3.63, 3.8) is 0 Å². The van der Waals surface area contributed by atoms with E-state index in [0.29, 0.717) is 25.8 Å². The van der Waals surface area contributed by atoms with Crippen molar-refractivity contribution >= 4 is 11.8 Å². The molecule has 0 aliphatic heterocycles. The Kier molecular flexibility index (Phi) is 8.81. The Hall–Kier alpha value is -1.54. The predicted octanol–water partition coefficient (Wildman–Crippen LogP) is 1.65. The van der Waals surface area contributed by atoms with E-state index in [1.54, 1.807) is 16.7 Å². The number of aliphatic hydroxyl groups is 1. The van der Waals surface area contributed by atoms with Crippen LogP contribution in [0.2, 0.25) is 0 Å². The van der Waals surface area contributed by atoms with Crippen molar-refractivity contribution in [3.8, 4) is 12.3 Å². The molecular weight excluding hydrogens is 280 g/mol. The highest BCUT2D eigenvalue weighted by Gasteiger charge is 2.32. The van der Waals surface area contributed by atoms with Crippen molar-refractivity contribution in [1.82, 2.24) is 9.80 Å². The fourth-order valence-electron chi connectivity index (χ4n) is 2.44. The number of carbonyl (C=O) groups is 2. The molecule has 5 heteroatoms. The maximum atomic E-state index is 12.3. The fourth-order valence-corrected chi connectivity index (χ4v) is 2.44. The van der Waals surface area contributed by atoms with E-state index in [0.717, 1.165) is 0 Å². The summed E-state index contributed by atoms with van der Waals surface area (Å²) in [6.45, 7) is 10.0. The lowest BCUT2D eigenvalue weighted by Gasteiger charge is -2.42. The Bertz CT molecular complexity index is 413. The van der Waals surface area contributed by atoms with Gasteiger partial charge in [0.2, 0.25) is 11.8 Å². The number of hydrogen-bond acceptors (Lipinski definition) is 3. The average molecular weight is 310 g/mol. The third kappa shape index (κ3) is 5.69. The van der Waals surface area contributed by atoms with E-state index in [-0.39, 0.29) is 31.0 Å². The third-order valence-electron chi connectivity index (χ3n) is 3.92. The molecule has 0 aromatic rings. The zero-order valence-corrected chi connectivity index (χ0v) is 14.6. The first-order valence-electron chi connectivity index (χ1n) is 7.89. The maximum Gasteiger partial charge on any atom is 0.223 e. The Morgan fingerprint density at radius 2 is 1.77 bits per heavy atom. The Balaban J connectivity index is 5.24. The average Bonchev–Trinajstić information content (AvgIpc) is 2.48. The molecule has 1 unspecified atom stereocenters. The van der Waals surface area contributed by atoms with Gasteiger partial charge in [0.15, 0.2) is 0 Å². The molecule has 1 atom stereocenters. The first-order chi connectivity index (χ1) is 10.2. The van der Waals surface area contributed by atoms with Gasteiger partial charge in [-0.25, -0.2) is 0 Å². The van der Waals surface area contributed by atoms with Gasteiger partial charge in [-0.1, -0.05) is 19.8 Å². The van der Waals surface area contributed by atoms with E-state index in [2.05, 4.69) is 5.92 Å². The lowest BCUT2D eigenvalue weighted by Crippen LogP contribution is -2.54. The highest BCUT2D eigenvalue weighted by Crippen LogP contribution is 2.21. The van der Waals surface area contributed by atoms with E-state index in [1.807, 2.05) is 27.7 Å². The lowest BCUT2D eigenvalue weighted by molar-refractivity contribution is -0.141. The highest BCUT2D eigenvalue weighted by molar-refractivity contribution is 5.78. The van der Waals surface area contributed by atoms with Gasteiger partial charge >= 0.3 is 0 Å². The van der Waals surface area contributed by atoms with Crippen LogP contribution in [0.4, 0.5) is 0 Å². The molecule has 0 saturated carbocycles. The van der Waals surface area contributed by atoms with Crippen LogP contribution < -0.4 is 0 Å². The summed E-state index contributed by atoms with van der Waals surface area (Å²) in [5.74, 6) is 2.50. The molecule has 0 fully saturated rings. The number of rotatable bonds is 9. The zero-order valence-electron chi connectivity index (χ0n) is 14.6. The summed E-state index contributed by atoms with van der Waals surface area (Å²) in [7, 11) is 0. The molecule has 5 nitrogen and oxygen atoms in total. The molecule has 1 N–H and O–H groups in total. The molecule has 0 aromatic heterocycles. The molecule has 0 spiro atoms. The van der Waals surface area contributed by atoms with Gasteiger partial charge in [0, 0.05) is 37.6 Å². The zero-order chi connectivity index (χ0) is 17.3. The molecule has 2 amide bonds. The van der Waals surface area contributed by atoms with Gasteiger partial charge in [0.25, 0.3) is 0 Å². The van der Waals surface area contributed by atoms with Crippen molar-refractivity contribution < 1.29 is 14.7 Å². The smallest absolute Gasteiger partial charge is 0.223 e. The summed E-state index contributed by atoms with van der Waals surface area (Å²) in [5.41, 5.74) is -0.465. The third-order valence-corrected chi connectivity index (χ3v) is 3.92. The Labute approximate surface area is 134 Å². The summed E-state index contributed by atoms with van der Waals surface area (Å²) in [6.07, 6.45) is 6.61. The molecule has 0 saturated heterocycles. The quantitative estimate of drug-likeness (QED) is 0.659. The maximum absolute atomic E-state index is 12.3. The number of carbonyl (C=O) groups excluding carboxylic acids is 2. The molecule has 126 valence electrons. The number of aliphatic hydroxyl groups excluding tert-OH is 1. The van der Waals surface area contributed by atoms with Crippen LogP contribution in [0, 0.1) is 12.3 Å². The van der Waals surface area contributed by atoms with Crippen LogP contribution in [-0.2, 0) is 9.59 Å². The van der Waals surface area contributed by atoms with Gasteiger partial charge in [0.05, 0.1) is 6.54 Å². The van der Waals surface area contributed by atoms with Crippen molar-refractivity contribution in [1.29, 1.82) is 0 Å². The second-order valence-corrected chi connectivity index (χ2v) is 6.07. The fraction of sp³-hybridized carbons (Fsp3) is 0.765. The normalized spacial score (nSPS) is 12.4. The van der Waals surface area contributed by atoms with Crippen molar-refractivity contribution in [2.24, 2.45) is 0 Å². The second-order valence-electron chi connectivity index (χ2n) is 6.07. The van der Waals surface area contributed by atoms with E-state index < -0.39 is 5.54 Å². The number of terminal acetylenes is 1. The van der Waals surface area contributed by atoms with Gasteiger partial charge in [0.1, 0.15) is 0 Å². The van der Waals surface area contributed by atoms with E-state index >= 15 is 0 Å². The van der Waals surface area contributed by atoms with Crippen molar-refractivity contribution in [2.75, 3.05) is 19.7 Å². The van der Waals surface area contributed by atoms with E-state index in [9.17, 15) is 14.7 Å². The van der Waals surface area contributed by atoms with Crippen LogP contribution >= 0.6 is 0 Å². The molecule has 0 radical (unpaired) electrons. The summed E-state index contributed by atoms with van der Waals surface area (Å²) in [5, 5.41) is 9.23. The first kappa shape index (κ1) is 20.5. The van der Waals surface area contributed by atoms with Crippen LogP contribution in [0.15, 0.2) is 0 Å². The van der Waals surface area contributed by atoms with E-state index in [1.165, 1.54) is 0 Å². The minimum absolute atomic E-state index is 0.00917. The highest BCUT2D eigenvalue weighted by atomic mass is 16.3. The van der Waals surface area contributed by atoms with Crippen LogP contribution in [0.5, 0.6) is 0 Å². The Morgan fingerprint density at radius 3 is 2.18 bits per heavy atom. The number of amides is 2. The second kappa shape index (κ2) is 9.47. The molecule has 0 aliphatic rings. The minimum atomic E-state index is -0.465. The molecular formula is C17H30N2O3. The topological polar surface area (TPSA) is 60.9 Å². The predicted molar refractivity (Wildman–Crippen MR) is 88.1 cm³/mol. The van der Waals surface area contributed by atoms with Crippen molar-refractivity contribution in [3.05, 3.63) is 0 Å². The summed E-state index contributed by atoms with van der Waals surface area (Å²) in [6, 6.07) is -0.169. The summed E-state index contributed by atoms with van der Waals surface area (Å²) < 4.78 is 0. The van der Waals surface area contributed by atoms with Gasteiger partial charge < -0.3 is 14.9 Å². The molecule has 0 rings (SSSR count). The molecule has 0 bridgehead atoms. The minimum Gasteiger partial charge on any atom is -0.396 e. The SMILES string of the molecule is C#CCN(C(=O)CC)C(C)CN(C(=O)CC)C(C)(C)CCO. The van der Waals surface area contributed by atoms with Crippen molar-refractivity contribution in [2.45, 2.75) is 65.5 Å². The van der Waals surface area contributed by atoms with Crippen LogP contribution in [0.25, 0.3) is 0 Å².